The summed E-state index contributed by atoms with van der Waals surface area (Å²) in [4.78, 5) is 23.4. The van der Waals surface area contributed by atoms with E-state index in [-0.39, 0.29) is 28.8 Å². The molecule has 0 radical (unpaired) electrons. The number of ether oxygens (including phenoxy) is 1. The predicted molar refractivity (Wildman–Crippen MR) is 117 cm³/mol. The first-order valence-corrected chi connectivity index (χ1v) is 10.5. The molecule has 1 aromatic rings. The molecule has 0 spiro atoms. The third-order valence-electron chi connectivity index (χ3n) is 5.27. The summed E-state index contributed by atoms with van der Waals surface area (Å²) < 4.78 is 10.0. The van der Waals surface area contributed by atoms with Gasteiger partial charge in [-0.15, -0.1) is 0 Å². The van der Waals surface area contributed by atoms with Crippen molar-refractivity contribution in [3.63, 3.8) is 0 Å². The zero-order chi connectivity index (χ0) is 22.1. The molecule has 0 aliphatic carbocycles. The van der Waals surface area contributed by atoms with Gasteiger partial charge in [-0.3, -0.25) is 4.79 Å². The highest BCUT2D eigenvalue weighted by Gasteiger charge is 2.26. The average Bonchev–Trinajstić information content (AvgIpc) is 3.32. The van der Waals surface area contributed by atoms with Crippen molar-refractivity contribution in [1.82, 2.24) is 0 Å². The fraction of sp³-hybridized carbons (Fsp3) is 0.440. The van der Waals surface area contributed by atoms with Gasteiger partial charge in [0.15, 0.2) is 17.3 Å². The van der Waals surface area contributed by atoms with Crippen LogP contribution in [0.25, 0.3) is 0 Å². The molecule has 5 heteroatoms. The summed E-state index contributed by atoms with van der Waals surface area (Å²) in [6.45, 7) is 7.81. The number of carbonyl (C=O) groups excluding carboxylic acids is 2. The minimum atomic E-state index is -0.472. The Morgan fingerprint density at radius 1 is 1.20 bits per heavy atom. The van der Waals surface area contributed by atoms with Gasteiger partial charge in [0, 0.05) is 6.42 Å². The van der Waals surface area contributed by atoms with Crippen LogP contribution in [0.3, 0.4) is 0 Å². The summed E-state index contributed by atoms with van der Waals surface area (Å²) in [5.41, 5.74) is 3.45. The molecule has 0 saturated heterocycles. The highest BCUT2D eigenvalue weighted by Crippen LogP contribution is 2.26. The Bertz CT molecular complexity index is 865. The van der Waals surface area contributed by atoms with Crippen LogP contribution in [0, 0.1) is 5.92 Å². The second-order valence-electron chi connectivity index (χ2n) is 8.04. The minimum Gasteiger partial charge on any atom is -0.504 e. The largest absolute Gasteiger partial charge is 0.504 e. The number of cyclic esters (lactones) is 1. The van der Waals surface area contributed by atoms with Crippen LogP contribution in [0.5, 0.6) is 0 Å². The van der Waals surface area contributed by atoms with Crippen molar-refractivity contribution in [2.45, 2.75) is 66.2 Å². The third-order valence-corrected chi connectivity index (χ3v) is 5.27. The molecule has 0 bridgehead atoms. The summed E-state index contributed by atoms with van der Waals surface area (Å²) in [5, 5.41) is 9.88. The van der Waals surface area contributed by atoms with Crippen LogP contribution in [-0.4, -0.2) is 16.9 Å². The zero-order valence-electron chi connectivity index (χ0n) is 18.4. The molecule has 1 unspecified atom stereocenters. The molecule has 1 N–H and O–H groups in total. The molecule has 162 valence electrons. The van der Waals surface area contributed by atoms with E-state index in [9.17, 15) is 14.7 Å². The lowest BCUT2D eigenvalue weighted by atomic mass is 9.99. The number of hydrogen-bond donors (Lipinski definition) is 1. The number of ketones is 1. The van der Waals surface area contributed by atoms with E-state index in [1.54, 1.807) is 13.0 Å². The van der Waals surface area contributed by atoms with Gasteiger partial charge in [-0.2, -0.15) is 0 Å². The van der Waals surface area contributed by atoms with Gasteiger partial charge in [0.05, 0.1) is 17.4 Å². The topological polar surface area (TPSA) is 76.7 Å². The summed E-state index contributed by atoms with van der Waals surface area (Å²) in [7, 11) is 0. The molecule has 0 fully saturated rings. The number of aliphatic hydroxyl groups excluding tert-OH is 1. The lowest BCUT2D eigenvalue weighted by molar-refractivity contribution is -0.133. The van der Waals surface area contributed by atoms with Gasteiger partial charge >= 0.3 is 5.97 Å². The van der Waals surface area contributed by atoms with Crippen molar-refractivity contribution in [2.24, 2.45) is 5.92 Å². The molecule has 0 aromatic carbocycles. The molecule has 0 saturated carbocycles. The molecule has 30 heavy (non-hydrogen) atoms. The Kier molecular flexibility index (Phi) is 8.90. The third kappa shape index (κ3) is 7.21. The molecule has 1 atom stereocenters. The van der Waals surface area contributed by atoms with Gasteiger partial charge in [0.25, 0.3) is 0 Å². The van der Waals surface area contributed by atoms with Crippen LogP contribution in [0.2, 0.25) is 0 Å². The molecule has 0 amide bonds. The first kappa shape index (κ1) is 23.5. The molecule has 2 rings (SSSR count). The average molecular weight is 413 g/mol. The van der Waals surface area contributed by atoms with Crippen LogP contribution in [0.1, 0.15) is 76.6 Å². The summed E-state index contributed by atoms with van der Waals surface area (Å²) in [6, 6.07) is 1.69. The van der Waals surface area contributed by atoms with Gasteiger partial charge in [0.2, 0.25) is 0 Å². The van der Waals surface area contributed by atoms with E-state index in [2.05, 4.69) is 26.8 Å². The van der Waals surface area contributed by atoms with Crippen molar-refractivity contribution < 1.29 is 23.8 Å². The summed E-state index contributed by atoms with van der Waals surface area (Å²) in [5.74, 6) is 0.0559. The zero-order valence-corrected chi connectivity index (χ0v) is 18.4. The van der Waals surface area contributed by atoms with E-state index in [0.717, 1.165) is 32.1 Å². The smallest absolute Gasteiger partial charge is 0.343 e. The maximum Gasteiger partial charge on any atom is 0.343 e. The second kappa shape index (κ2) is 11.4. The van der Waals surface area contributed by atoms with Gasteiger partial charge < -0.3 is 14.3 Å². The van der Waals surface area contributed by atoms with E-state index in [1.807, 2.05) is 12.2 Å². The number of rotatable bonds is 11. The molecule has 1 aliphatic rings. The normalized spacial score (nSPS) is 17.6. The number of hydrogen-bond acceptors (Lipinski definition) is 5. The molecule has 1 aliphatic heterocycles. The Morgan fingerprint density at radius 3 is 2.57 bits per heavy atom. The van der Waals surface area contributed by atoms with Crippen LogP contribution < -0.4 is 0 Å². The summed E-state index contributed by atoms with van der Waals surface area (Å²) >= 11 is 0. The van der Waals surface area contributed by atoms with E-state index < -0.39 is 5.97 Å². The van der Waals surface area contributed by atoms with Gasteiger partial charge in [-0.05, 0) is 70.9 Å². The van der Waals surface area contributed by atoms with Crippen molar-refractivity contribution >= 4 is 11.8 Å². The number of allylic oxidation sites excluding steroid dienone is 5. The van der Waals surface area contributed by atoms with Crippen molar-refractivity contribution in [3.8, 4) is 0 Å². The highest BCUT2D eigenvalue weighted by molar-refractivity contribution is 5.96. The molecule has 1 aromatic heterocycles. The van der Waals surface area contributed by atoms with Crippen molar-refractivity contribution in [1.29, 1.82) is 0 Å². The molecule has 5 nitrogen and oxygen atoms in total. The molecule has 2 heterocycles. The molecular weight excluding hydrogens is 380 g/mol. The minimum absolute atomic E-state index is 0.0437. The maximum atomic E-state index is 12.0. The number of esters is 1. The first-order chi connectivity index (χ1) is 14.3. The predicted octanol–water partition coefficient (Wildman–Crippen LogP) is 6.60. The van der Waals surface area contributed by atoms with Crippen molar-refractivity contribution in [3.05, 3.63) is 70.6 Å². The number of Topliss-reactive ketones (excluding diaryl/α,β-unsaturated/α-hetero) is 1. The van der Waals surface area contributed by atoms with Gasteiger partial charge in [-0.25, -0.2) is 4.79 Å². The molecular formula is C25H32O5. The Balaban J connectivity index is 1.67. The quantitative estimate of drug-likeness (QED) is 0.251. The van der Waals surface area contributed by atoms with Gasteiger partial charge in [0.1, 0.15) is 6.26 Å². The lowest BCUT2D eigenvalue weighted by Crippen LogP contribution is -1.97. The maximum absolute atomic E-state index is 12.0. The monoisotopic (exact) mass is 412 g/mol. The SMILES string of the molecule is CC(=CCC(=O)c1ccoc1)CCC=C(C)CCCC(C)C=C1OC(=O)C(C)=C1O. The summed E-state index contributed by atoms with van der Waals surface area (Å²) in [6.07, 6.45) is 14.4. The Morgan fingerprint density at radius 2 is 1.93 bits per heavy atom. The first-order valence-electron chi connectivity index (χ1n) is 10.5. The van der Waals surface area contributed by atoms with E-state index >= 15 is 0 Å². The fourth-order valence-corrected chi connectivity index (χ4v) is 3.22. The van der Waals surface area contributed by atoms with Gasteiger partial charge in [-0.1, -0.05) is 30.2 Å². The number of carbonyl (C=O) groups is 2. The Hall–Kier alpha value is -2.82. The van der Waals surface area contributed by atoms with Crippen LogP contribution >= 0.6 is 0 Å². The second-order valence-corrected chi connectivity index (χ2v) is 8.04. The highest BCUT2D eigenvalue weighted by atomic mass is 16.6. The number of furan rings is 1. The van der Waals surface area contributed by atoms with E-state index in [1.165, 1.54) is 23.7 Å². The van der Waals surface area contributed by atoms with E-state index in [0.29, 0.717) is 12.0 Å². The van der Waals surface area contributed by atoms with Crippen LogP contribution in [-0.2, 0) is 9.53 Å². The van der Waals surface area contributed by atoms with Crippen LogP contribution in [0.4, 0.5) is 0 Å². The van der Waals surface area contributed by atoms with Crippen molar-refractivity contribution in [2.75, 3.05) is 0 Å². The lowest BCUT2D eigenvalue weighted by Gasteiger charge is -2.08. The fourth-order valence-electron chi connectivity index (χ4n) is 3.22. The van der Waals surface area contributed by atoms with E-state index in [4.69, 9.17) is 9.15 Å². The standard InChI is InChI=1S/C25H32O5/c1-17(7-5-9-18(2)11-12-22(26)21-13-14-29-16-21)8-6-10-19(3)15-23-24(27)20(4)25(28)30-23/h7,11,13-16,19,27H,5-6,8-10,12H2,1-4H3. The Labute approximate surface area is 178 Å². The van der Waals surface area contributed by atoms with Crippen LogP contribution in [0.15, 0.2) is 69.5 Å². The number of aliphatic hydroxyl groups is 1.